The molecular weight excluding hydrogens is 341 g/mol. The molecular formula is C15H23ClFN3O2S. The van der Waals surface area contributed by atoms with Crippen LogP contribution in [0.1, 0.15) is 11.6 Å². The molecule has 0 aliphatic carbocycles. The van der Waals surface area contributed by atoms with E-state index >= 15 is 0 Å². The van der Waals surface area contributed by atoms with Crippen molar-refractivity contribution in [2.45, 2.75) is 6.04 Å². The van der Waals surface area contributed by atoms with E-state index in [4.69, 9.17) is 0 Å². The molecule has 0 unspecified atom stereocenters. The Balaban J connectivity index is 0.00000192. The van der Waals surface area contributed by atoms with E-state index in [1.54, 1.807) is 30.5 Å². The zero-order valence-electron chi connectivity index (χ0n) is 13.5. The van der Waals surface area contributed by atoms with Crippen molar-refractivity contribution in [1.29, 1.82) is 0 Å². The van der Waals surface area contributed by atoms with E-state index in [-0.39, 0.29) is 30.2 Å². The summed E-state index contributed by atoms with van der Waals surface area (Å²) in [6.07, 6.45) is 0. The van der Waals surface area contributed by atoms with Crippen LogP contribution < -0.4 is 0 Å². The van der Waals surface area contributed by atoms with E-state index in [9.17, 15) is 12.8 Å². The number of fused-ring (bicyclic) bond motifs is 1. The van der Waals surface area contributed by atoms with E-state index in [1.165, 1.54) is 10.4 Å². The monoisotopic (exact) mass is 363 g/mol. The van der Waals surface area contributed by atoms with Gasteiger partial charge in [0, 0.05) is 39.8 Å². The summed E-state index contributed by atoms with van der Waals surface area (Å²) < 4.78 is 41.0. The van der Waals surface area contributed by atoms with Gasteiger partial charge < -0.3 is 0 Å². The first-order chi connectivity index (χ1) is 10.3. The third kappa shape index (κ3) is 3.25. The van der Waals surface area contributed by atoms with Gasteiger partial charge >= 0.3 is 0 Å². The first kappa shape index (κ1) is 18.6. The van der Waals surface area contributed by atoms with Gasteiger partial charge in [-0.3, -0.25) is 4.90 Å². The van der Waals surface area contributed by atoms with Gasteiger partial charge in [-0.15, -0.1) is 12.4 Å². The van der Waals surface area contributed by atoms with Crippen molar-refractivity contribution in [3.8, 4) is 0 Å². The van der Waals surface area contributed by atoms with Crippen molar-refractivity contribution in [3.05, 3.63) is 35.6 Å². The second-order valence-electron chi connectivity index (χ2n) is 6.47. The lowest BCUT2D eigenvalue weighted by molar-refractivity contribution is 0.258. The maximum atomic E-state index is 13.5. The molecule has 1 aromatic rings. The Hall–Kier alpha value is -0.730. The van der Waals surface area contributed by atoms with Gasteiger partial charge in [-0.2, -0.15) is 17.0 Å². The third-order valence-electron chi connectivity index (χ3n) is 4.84. The minimum Gasteiger partial charge on any atom is -0.299 e. The fourth-order valence-electron chi connectivity index (χ4n) is 3.83. The highest BCUT2D eigenvalue weighted by molar-refractivity contribution is 7.86. The normalized spacial score (nSPS) is 28.8. The summed E-state index contributed by atoms with van der Waals surface area (Å²) in [5.74, 6) is 0.264. The Kier molecular flexibility index (Phi) is 5.37. The van der Waals surface area contributed by atoms with Crippen LogP contribution in [0.2, 0.25) is 0 Å². The number of halogens is 2. The molecule has 5 nitrogen and oxygen atoms in total. The third-order valence-corrected chi connectivity index (χ3v) is 6.71. The van der Waals surface area contributed by atoms with Crippen LogP contribution in [0.25, 0.3) is 0 Å². The fraction of sp³-hybridized carbons (Fsp3) is 0.600. The van der Waals surface area contributed by atoms with E-state index in [0.717, 1.165) is 12.1 Å². The molecule has 2 heterocycles. The predicted molar refractivity (Wildman–Crippen MR) is 90.2 cm³/mol. The summed E-state index contributed by atoms with van der Waals surface area (Å²) in [5.41, 5.74) is 0.930. The number of nitrogens with zero attached hydrogens (tertiary/aromatic N) is 3. The molecule has 2 fully saturated rings. The van der Waals surface area contributed by atoms with E-state index in [1.807, 2.05) is 13.1 Å². The van der Waals surface area contributed by atoms with Crippen molar-refractivity contribution < 1.29 is 12.8 Å². The minimum absolute atomic E-state index is 0. The SMILES string of the molecule is CN1C[C@H]2CN(S(=O)(=O)N(C)C)C[C@H]2[C@@H]1c1cccc(F)c1.Cl. The second kappa shape index (κ2) is 6.64. The van der Waals surface area contributed by atoms with Crippen LogP contribution in [0.5, 0.6) is 0 Å². The molecule has 3 atom stereocenters. The largest absolute Gasteiger partial charge is 0.299 e. The zero-order valence-corrected chi connectivity index (χ0v) is 15.1. The lowest BCUT2D eigenvalue weighted by Crippen LogP contribution is -2.40. The molecule has 0 saturated carbocycles. The van der Waals surface area contributed by atoms with Crippen molar-refractivity contribution in [2.75, 3.05) is 40.8 Å². The highest BCUT2D eigenvalue weighted by Gasteiger charge is 2.49. The summed E-state index contributed by atoms with van der Waals surface area (Å²) in [6.45, 7) is 1.88. The van der Waals surface area contributed by atoms with Gasteiger partial charge in [-0.1, -0.05) is 12.1 Å². The molecule has 2 saturated heterocycles. The van der Waals surface area contributed by atoms with Crippen LogP contribution >= 0.6 is 12.4 Å². The van der Waals surface area contributed by atoms with Gasteiger partial charge in [-0.25, -0.2) is 4.39 Å². The molecule has 0 aromatic heterocycles. The van der Waals surface area contributed by atoms with Crippen molar-refractivity contribution in [3.63, 3.8) is 0 Å². The molecule has 0 radical (unpaired) electrons. The average Bonchev–Trinajstić information content (AvgIpc) is 2.95. The van der Waals surface area contributed by atoms with Crippen molar-refractivity contribution in [1.82, 2.24) is 13.5 Å². The van der Waals surface area contributed by atoms with E-state index in [2.05, 4.69) is 4.90 Å². The Morgan fingerprint density at radius 2 is 1.91 bits per heavy atom. The average molecular weight is 364 g/mol. The molecule has 23 heavy (non-hydrogen) atoms. The van der Waals surface area contributed by atoms with E-state index < -0.39 is 10.2 Å². The lowest BCUT2D eigenvalue weighted by atomic mass is 9.89. The van der Waals surface area contributed by atoms with Gasteiger partial charge in [0.1, 0.15) is 5.82 Å². The molecule has 0 amide bonds. The molecule has 2 aliphatic heterocycles. The van der Waals surface area contributed by atoms with Crippen LogP contribution in [0, 0.1) is 17.7 Å². The maximum Gasteiger partial charge on any atom is 0.281 e. The summed E-state index contributed by atoms with van der Waals surface area (Å²) >= 11 is 0. The van der Waals surface area contributed by atoms with Crippen molar-refractivity contribution in [2.24, 2.45) is 11.8 Å². The van der Waals surface area contributed by atoms with Gasteiger partial charge in [0.2, 0.25) is 0 Å². The van der Waals surface area contributed by atoms with Crippen molar-refractivity contribution >= 4 is 22.6 Å². The summed E-state index contributed by atoms with van der Waals surface area (Å²) in [4.78, 5) is 2.21. The molecule has 8 heteroatoms. The van der Waals surface area contributed by atoms with Gasteiger partial charge in [0.05, 0.1) is 0 Å². The fourth-order valence-corrected chi connectivity index (χ4v) is 5.03. The van der Waals surface area contributed by atoms with Crippen LogP contribution in [-0.4, -0.2) is 62.7 Å². The number of benzene rings is 1. The predicted octanol–water partition coefficient (Wildman–Crippen LogP) is 1.59. The summed E-state index contributed by atoms with van der Waals surface area (Å²) in [6, 6.07) is 6.72. The first-order valence-corrected chi connectivity index (χ1v) is 8.83. The zero-order chi connectivity index (χ0) is 16.1. The lowest BCUT2D eigenvalue weighted by Gasteiger charge is -2.27. The Morgan fingerprint density at radius 1 is 1.22 bits per heavy atom. The molecule has 0 spiro atoms. The van der Waals surface area contributed by atoms with Gasteiger partial charge in [-0.05, 0) is 36.6 Å². The van der Waals surface area contributed by atoms with Crippen LogP contribution in [0.15, 0.2) is 24.3 Å². The number of likely N-dealkylation sites (tertiary alicyclic amines) is 1. The highest BCUT2D eigenvalue weighted by Crippen LogP contribution is 2.44. The molecule has 130 valence electrons. The van der Waals surface area contributed by atoms with Crippen LogP contribution in [0.3, 0.4) is 0 Å². The molecule has 2 aliphatic rings. The topological polar surface area (TPSA) is 43.9 Å². The second-order valence-corrected chi connectivity index (χ2v) is 8.61. The van der Waals surface area contributed by atoms with Crippen LogP contribution in [-0.2, 0) is 10.2 Å². The minimum atomic E-state index is -3.38. The van der Waals surface area contributed by atoms with Gasteiger partial charge in [0.15, 0.2) is 0 Å². The molecule has 1 aromatic carbocycles. The smallest absolute Gasteiger partial charge is 0.281 e. The number of hydrogen-bond acceptors (Lipinski definition) is 3. The quantitative estimate of drug-likeness (QED) is 0.819. The number of rotatable bonds is 3. The first-order valence-electron chi connectivity index (χ1n) is 7.44. The van der Waals surface area contributed by atoms with Gasteiger partial charge in [0.25, 0.3) is 10.2 Å². The molecule has 3 rings (SSSR count). The Morgan fingerprint density at radius 3 is 2.52 bits per heavy atom. The van der Waals surface area contributed by atoms with E-state index in [0.29, 0.717) is 19.0 Å². The summed E-state index contributed by atoms with van der Waals surface area (Å²) in [7, 11) is 1.76. The summed E-state index contributed by atoms with van der Waals surface area (Å²) in [5, 5.41) is 0. The maximum absolute atomic E-state index is 13.5. The van der Waals surface area contributed by atoms with Crippen LogP contribution in [0.4, 0.5) is 4.39 Å². The molecule has 0 bridgehead atoms. The Bertz CT molecular complexity index is 670. The Labute approximate surface area is 143 Å². The highest BCUT2D eigenvalue weighted by atomic mass is 35.5. The standard InChI is InChI=1S/C15H22FN3O2S.ClH/c1-17(2)22(20,21)19-9-12-8-18(3)15(14(12)10-19)11-5-4-6-13(16)7-11;/h4-7,12,14-15H,8-10H2,1-3H3;1H/t12-,14+,15-;/m0./s1. The molecule has 0 N–H and O–H groups in total. The number of hydrogen-bond donors (Lipinski definition) is 0.